The van der Waals surface area contributed by atoms with E-state index in [-0.39, 0.29) is 17.5 Å². The van der Waals surface area contributed by atoms with Gasteiger partial charge >= 0.3 is 12.1 Å². The molecule has 1 aromatic carbocycles. The number of hydrogen-bond donors (Lipinski definition) is 1. The third-order valence-corrected chi connectivity index (χ3v) is 5.40. The van der Waals surface area contributed by atoms with Crippen LogP contribution in [0.25, 0.3) is 17.3 Å². The topological polar surface area (TPSA) is 59.1 Å². The maximum Gasteiger partial charge on any atom is 0.470 e. The number of aromatic nitrogens is 3. The zero-order chi connectivity index (χ0) is 19.8. The average molecular weight is 434 g/mol. The molecule has 0 bridgehead atoms. The summed E-state index contributed by atoms with van der Waals surface area (Å²) in [7, 11) is 0. The van der Waals surface area contributed by atoms with Crippen molar-refractivity contribution in [3.05, 3.63) is 39.4 Å². The van der Waals surface area contributed by atoms with Gasteiger partial charge in [0.05, 0.1) is 5.02 Å². The molecule has 28 heavy (non-hydrogen) atoms. The van der Waals surface area contributed by atoms with E-state index in [0.29, 0.717) is 40.9 Å². The molecule has 4 heterocycles. The Kier molecular flexibility index (Phi) is 3.63. The minimum absolute atomic E-state index is 0.0546. The van der Waals surface area contributed by atoms with Gasteiger partial charge in [-0.25, -0.2) is 4.39 Å². The van der Waals surface area contributed by atoms with Crippen LogP contribution in [-0.4, -0.2) is 27.9 Å². The van der Waals surface area contributed by atoms with Gasteiger partial charge in [0, 0.05) is 30.2 Å². The average Bonchev–Trinajstić information content (AvgIpc) is 2.99. The highest BCUT2D eigenvalue weighted by Crippen LogP contribution is 2.59. The van der Waals surface area contributed by atoms with Gasteiger partial charge in [0.15, 0.2) is 0 Å². The summed E-state index contributed by atoms with van der Waals surface area (Å²) in [4.78, 5) is 1.93. The van der Waals surface area contributed by atoms with Gasteiger partial charge in [-0.2, -0.15) is 13.2 Å². The van der Waals surface area contributed by atoms with Crippen molar-refractivity contribution in [1.82, 2.24) is 14.8 Å². The normalized spacial score (nSPS) is 14.9. The van der Waals surface area contributed by atoms with Crippen LogP contribution < -0.4 is 10.2 Å². The lowest BCUT2D eigenvalue weighted by atomic mass is 10.1. The zero-order valence-electron chi connectivity index (χ0n) is 13.7. The Morgan fingerprint density at radius 1 is 1.18 bits per heavy atom. The standard InChI is InChI=1S/C16H9Cl2F4N5O/c17-7-1-2-8(19)9(18)6(7)5-26-4-3-23-13-11(26)10-12(27(10)13)14-24-25-15(28-14)16(20,21)22/h1-2,23H,3-5H2. The van der Waals surface area contributed by atoms with Gasteiger partial charge in [-0.3, -0.25) is 4.57 Å². The van der Waals surface area contributed by atoms with Crippen molar-refractivity contribution < 1.29 is 22.0 Å². The fraction of sp³-hybridized carbons (Fsp3) is 0.250. The number of halogens is 6. The molecule has 5 rings (SSSR count). The number of rotatable bonds is 3. The zero-order valence-corrected chi connectivity index (χ0v) is 15.3. The summed E-state index contributed by atoms with van der Waals surface area (Å²) in [6.45, 7) is 1.40. The van der Waals surface area contributed by atoms with Crippen molar-refractivity contribution in [1.29, 1.82) is 0 Å². The molecular formula is C16H9Cl2F4N5O. The second-order valence-electron chi connectivity index (χ2n) is 6.31. The number of nitrogens with zero attached hydrogens (tertiary/aromatic N) is 4. The van der Waals surface area contributed by atoms with E-state index in [0.717, 1.165) is 5.69 Å². The van der Waals surface area contributed by atoms with Gasteiger partial charge < -0.3 is 14.6 Å². The summed E-state index contributed by atoms with van der Waals surface area (Å²) in [6, 6.07) is 2.62. The predicted molar refractivity (Wildman–Crippen MR) is 93.6 cm³/mol. The van der Waals surface area contributed by atoms with Gasteiger partial charge in [0.25, 0.3) is 5.89 Å². The van der Waals surface area contributed by atoms with Crippen molar-refractivity contribution in [2.75, 3.05) is 23.3 Å². The van der Waals surface area contributed by atoms with Crippen LogP contribution >= 0.6 is 23.2 Å². The van der Waals surface area contributed by atoms with Gasteiger partial charge in [-0.1, -0.05) is 23.2 Å². The lowest BCUT2D eigenvalue weighted by Gasteiger charge is -2.35. The Labute approximate surface area is 164 Å². The lowest BCUT2D eigenvalue weighted by molar-refractivity contribution is -0.156. The van der Waals surface area contributed by atoms with Crippen molar-refractivity contribution in [3.8, 4) is 17.3 Å². The van der Waals surface area contributed by atoms with E-state index in [4.69, 9.17) is 27.6 Å². The van der Waals surface area contributed by atoms with Crippen molar-refractivity contribution >= 4 is 34.7 Å². The van der Waals surface area contributed by atoms with E-state index >= 15 is 0 Å². The molecule has 0 spiro atoms. The van der Waals surface area contributed by atoms with Crippen LogP contribution in [0.4, 0.5) is 29.1 Å². The Morgan fingerprint density at radius 2 is 1.96 bits per heavy atom. The number of fused-ring (bicyclic) bond motifs is 4. The molecule has 0 amide bonds. The van der Waals surface area contributed by atoms with Gasteiger partial charge in [0.1, 0.15) is 28.7 Å². The van der Waals surface area contributed by atoms with E-state index in [1.165, 1.54) is 12.1 Å². The minimum atomic E-state index is -4.71. The Bertz CT molecular complexity index is 1120. The first-order chi connectivity index (χ1) is 13.3. The lowest BCUT2D eigenvalue weighted by Crippen LogP contribution is -2.36. The first-order valence-corrected chi connectivity index (χ1v) is 8.84. The molecule has 0 saturated carbocycles. The number of benzene rings is 1. The molecule has 0 fully saturated rings. The smallest absolute Gasteiger partial charge is 0.411 e. The summed E-state index contributed by atoms with van der Waals surface area (Å²) < 4.78 is 58.3. The molecule has 0 radical (unpaired) electrons. The van der Waals surface area contributed by atoms with Crippen LogP contribution in [0.3, 0.4) is 0 Å². The largest absolute Gasteiger partial charge is 0.470 e. The van der Waals surface area contributed by atoms with Crippen molar-refractivity contribution in [2.24, 2.45) is 0 Å². The third kappa shape index (κ3) is 2.47. The quantitative estimate of drug-likeness (QED) is 0.373. The van der Waals surface area contributed by atoms with Gasteiger partial charge in [-0.15, -0.1) is 10.2 Å². The van der Waals surface area contributed by atoms with Crippen LogP contribution in [-0.2, 0) is 12.7 Å². The third-order valence-electron chi connectivity index (χ3n) is 4.64. The van der Waals surface area contributed by atoms with E-state index in [1.54, 1.807) is 4.57 Å². The summed E-state index contributed by atoms with van der Waals surface area (Å²) >= 11 is 12.2. The number of anilines is 2. The Balaban J connectivity index is 1.48. The summed E-state index contributed by atoms with van der Waals surface area (Å²) in [5, 5.41) is 9.99. The van der Waals surface area contributed by atoms with Crippen LogP contribution in [0.15, 0.2) is 16.5 Å². The first kappa shape index (κ1) is 17.6. The molecule has 3 aliphatic rings. The van der Waals surface area contributed by atoms with Crippen molar-refractivity contribution in [2.45, 2.75) is 12.7 Å². The Hall–Kier alpha value is -2.46. The maximum atomic E-state index is 13.8. The number of hydrogen-bond acceptors (Lipinski definition) is 5. The first-order valence-electron chi connectivity index (χ1n) is 8.08. The fourth-order valence-corrected chi connectivity index (χ4v) is 3.84. The molecule has 12 heteroatoms. The van der Waals surface area contributed by atoms with Crippen LogP contribution in [0.5, 0.6) is 0 Å². The highest BCUT2D eigenvalue weighted by atomic mass is 35.5. The molecule has 0 aliphatic carbocycles. The monoisotopic (exact) mass is 433 g/mol. The Morgan fingerprint density at radius 3 is 2.68 bits per heavy atom. The van der Waals surface area contributed by atoms with Gasteiger partial charge in [-0.05, 0) is 12.1 Å². The van der Waals surface area contributed by atoms with E-state index < -0.39 is 17.9 Å². The highest BCUT2D eigenvalue weighted by Gasteiger charge is 2.47. The van der Waals surface area contributed by atoms with Crippen LogP contribution in [0.1, 0.15) is 11.5 Å². The maximum absolute atomic E-state index is 13.8. The summed E-state index contributed by atoms with van der Waals surface area (Å²) in [5.74, 6) is -1.46. The fourth-order valence-electron chi connectivity index (χ4n) is 3.35. The SMILES string of the molecule is Fc1ccc(Cl)c(CN2CCNc3c2c2c(-c4nnc(C(F)(F)F)o4)n3-2)c1Cl. The summed E-state index contributed by atoms with van der Waals surface area (Å²) in [5.41, 5.74) is 2.31. The van der Waals surface area contributed by atoms with Crippen molar-refractivity contribution in [3.63, 3.8) is 0 Å². The second-order valence-corrected chi connectivity index (χ2v) is 7.10. The molecule has 0 saturated heterocycles. The highest BCUT2D eigenvalue weighted by molar-refractivity contribution is 6.36. The molecular weight excluding hydrogens is 425 g/mol. The molecule has 0 atom stereocenters. The van der Waals surface area contributed by atoms with E-state index in [1.807, 2.05) is 4.90 Å². The minimum Gasteiger partial charge on any atom is -0.411 e. The van der Waals surface area contributed by atoms with Gasteiger partial charge in [0.2, 0.25) is 0 Å². The molecule has 1 aromatic heterocycles. The number of alkyl halides is 3. The number of nitrogens with one attached hydrogen (secondary N) is 1. The molecule has 146 valence electrons. The van der Waals surface area contributed by atoms with Crippen LogP contribution in [0.2, 0.25) is 10.0 Å². The van der Waals surface area contributed by atoms with Crippen LogP contribution in [0, 0.1) is 5.82 Å². The molecule has 0 unspecified atom stereocenters. The van der Waals surface area contributed by atoms with E-state index in [2.05, 4.69) is 15.5 Å². The predicted octanol–water partition coefficient (Wildman–Crippen LogP) is 4.74. The molecule has 6 nitrogen and oxygen atoms in total. The second kappa shape index (κ2) is 5.77. The van der Waals surface area contributed by atoms with E-state index in [9.17, 15) is 17.6 Å². The molecule has 3 aliphatic heterocycles. The summed E-state index contributed by atoms with van der Waals surface area (Å²) in [6.07, 6.45) is -4.71. The molecule has 1 N–H and O–H groups in total. The molecule has 2 aromatic rings.